The van der Waals surface area contributed by atoms with E-state index in [1.54, 1.807) is 24.3 Å². The number of nitrogens with zero attached hydrogens (tertiary/aromatic N) is 1. The highest BCUT2D eigenvalue weighted by atomic mass is 32.2. The van der Waals surface area contributed by atoms with E-state index in [1.807, 2.05) is 0 Å². The van der Waals surface area contributed by atoms with Crippen LogP contribution in [0.1, 0.15) is 22.3 Å². The van der Waals surface area contributed by atoms with E-state index in [9.17, 15) is 29.4 Å². The number of carboxylic acids is 2. The average molecular weight is 363 g/mol. The molecule has 0 spiro atoms. The Kier molecular flexibility index (Phi) is 5.47. The molecule has 0 unspecified atom stereocenters. The topological polar surface area (TPSA) is 118 Å². The molecule has 1 aliphatic heterocycles. The summed E-state index contributed by atoms with van der Waals surface area (Å²) in [5.74, 6) is -4.08. The first kappa shape index (κ1) is 17.8. The van der Waals surface area contributed by atoms with Gasteiger partial charge in [-0.2, -0.15) is 0 Å². The Morgan fingerprint density at radius 3 is 2.29 bits per heavy atom. The highest BCUT2D eigenvalue weighted by molar-refractivity contribution is 8.26. The summed E-state index contributed by atoms with van der Waals surface area (Å²) in [6.07, 6.45) is 1.23. The Hall–Kier alpha value is -2.52. The number of thioether (sulfide) groups is 1. The molecule has 0 aliphatic carbocycles. The Bertz CT molecular complexity index is 756. The van der Waals surface area contributed by atoms with Gasteiger partial charge in [0.25, 0.3) is 5.91 Å². The van der Waals surface area contributed by atoms with E-state index in [-0.39, 0.29) is 9.23 Å². The smallest absolute Gasteiger partial charge is 0.266 e. The third-order valence-electron chi connectivity index (χ3n) is 3.14. The van der Waals surface area contributed by atoms with Gasteiger partial charge < -0.3 is 19.8 Å². The van der Waals surface area contributed by atoms with Crippen molar-refractivity contribution in [3.05, 3.63) is 40.3 Å². The van der Waals surface area contributed by atoms with E-state index in [4.69, 9.17) is 12.2 Å². The van der Waals surface area contributed by atoms with Crippen LogP contribution in [0.3, 0.4) is 0 Å². The molecule has 0 aromatic heterocycles. The Morgan fingerprint density at radius 1 is 1.21 bits per heavy atom. The highest BCUT2D eigenvalue weighted by Gasteiger charge is 2.37. The molecule has 124 valence electrons. The molecule has 1 atom stereocenters. The van der Waals surface area contributed by atoms with Gasteiger partial charge in [0, 0.05) is 18.0 Å². The first-order valence-corrected chi connectivity index (χ1v) is 7.79. The lowest BCUT2D eigenvalue weighted by molar-refractivity contribution is -0.319. The quantitative estimate of drug-likeness (QED) is 0.357. The first-order chi connectivity index (χ1) is 11.3. The standard InChI is InChI=1S/C15H11NO6S2/c17-7-9-3-1-8(2-4-9)5-11-13(20)16(15(23)24-11)10(14(21)22)6-12(18)19/h1-5,7,10H,6H2,(H,18,19)(H,21,22)/p-2/b11-5-/t10-/m1/s1. The van der Waals surface area contributed by atoms with Gasteiger partial charge in [-0.15, -0.1) is 0 Å². The van der Waals surface area contributed by atoms with Crippen LogP contribution in [0, 0.1) is 0 Å². The van der Waals surface area contributed by atoms with Crippen LogP contribution in [-0.4, -0.2) is 39.4 Å². The fourth-order valence-corrected chi connectivity index (χ4v) is 3.37. The molecule has 2 rings (SSSR count). The number of rotatable bonds is 6. The lowest BCUT2D eigenvalue weighted by Crippen LogP contribution is -2.52. The maximum absolute atomic E-state index is 12.4. The minimum Gasteiger partial charge on any atom is -0.550 e. The fourth-order valence-electron chi connectivity index (χ4n) is 2.01. The molecule has 0 saturated carbocycles. The molecule has 9 heteroatoms. The lowest BCUT2D eigenvalue weighted by atomic mass is 10.1. The third-order valence-corrected chi connectivity index (χ3v) is 4.47. The Labute approximate surface area is 145 Å². The third kappa shape index (κ3) is 3.87. The molecule has 0 bridgehead atoms. The van der Waals surface area contributed by atoms with Crippen molar-refractivity contribution in [1.29, 1.82) is 0 Å². The number of hydrogen-bond acceptors (Lipinski definition) is 8. The Morgan fingerprint density at radius 2 is 1.79 bits per heavy atom. The fraction of sp³-hybridized carbons (Fsp3) is 0.133. The maximum Gasteiger partial charge on any atom is 0.266 e. The molecule has 1 aromatic rings. The number of carboxylic acid groups (broad SMARTS) is 2. The maximum atomic E-state index is 12.4. The van der Waals surface area contributed by atoms with E-state index in [0.717, 1.165) is 11.8 Å². The second kappa shape index (κ2) is 7.37. The normalized spacial score (nSPS) is 17.2. The summed E-state index contributed by atoms with van der Waals surface area (Å²) >= 11 is 5.83. The number of carbonyl (C=O) groups is 4. The van der Waals surface area contributed by atoms with Crippen molar-refractivity contribution < 1.29 is 29.4 Å². The zero-order chi connectivity index (χ0) is 17.9. The number of benzene rings is 1. The lowest BCUT2D eigenvalue weighted by Gasteiger charge is -2.27. The number of aliphatic carboxylic acids is 2. The van der Waals surface area contributed by atoms with Crippen molar-refractivity contribution in [3.63, 3.8) is 0 Å². The summed E-state index contributed by atoms with van der Waals surface area (Å²) < 4.78 is -0.0776. The van der Waals surface area contributed by atoms with Gasteiger partial charge in [0.1, 0.15) is 10.6 Å². The van der Waals surface area contributed by atoms with Gasteiger partial charge in [-0.25, -0.2) is 0 Å². The predicted molar refractivity (Wildman–Crippen MR) is 85.3 cm³/mol. The number of hydrogen-bond donors (Lipinski definition) is 0. The number of amides is 1. The van der Waals surface area contributed by atoms with Crippen LogP contribution in [-0.2, 0) is 14.4 Å². The molecule has 24 heavy (non-hydrogen) atoms. The van der Waals surface area contributed by atoms with Crippen molar-refractivity contribution in [2.45, 2.75) is 12.5 Å². The van der Waals surface area contributed by atoms with E-state index in [0.29, 0.717) is 22.3 Å². The van der Waals surface area contributed by atoms with E-state index in [2.05, 4.69) is 0 Å². The SMILES string of the molecule is O=Cc1ccc(/C=C2\SC(=S)N([C@H](CC(=O)[O-])C(=O)[O-])C2=O)cc1. The molecular weight excluding hydrogens is 354 g/mol. The summed E-state index contributed by atoms with van der Waals surface area (Å²) in [6, 6.07) is 4.59. The summed E-state index contributed by atoms with van der Waals surface area (Å²) in [5, 5.41) is 21.8. The Balaban J connectivity index is 2.29. The largest absolute Gasteiger partial charge is 0.550 e. The number of carbonyl (C=O) groups excluding carboxylic acids is 4. The van der Waals surface area contributed by atoms with Crippen LogP contribution in [0.5, 0.6) is 0 Å². The summed E-state index contributed by atoms with van der Waals surface area (Å²) in [4.78, 5) is 45.6. The molecule has 0 N–H and O–H groups in total. The van der Waals surface area contributed by atoms with Crippen LogP contribution in [0.25, 0.3) is 6.08 Å². The molecule has 1 amide bonds. The van der Waals surface area contributed by atoms with Gasteiger partial charge in [-0.3, -0.25) is 14.5 Å². The second-order valence-electron chi connectivity index (χ2n) is 4.75. The molecule has 1 fully saturated rings. The van der Waals surface area contributed by atoms with E-state index >= 15 is 0 Å². The van der Waals surface area contributed by atoms with Crippen molar-refractivity contribution in [3.8, 4) is 0 Å². The van der Waals surface area contributed by atoms with Crippen molar-refractivity contribution >= 4 is 58.5 Å². The summed E-state index contributed by atoms with van der Waals surface area (Å²) in [5.41, 5.74) is 1.07. The van der Waals surface area contributed by atoms with Crippen LogP contribution in [0.4, 0.5) is 0 Å². The minimum absolute atomic E-state index is 0.0776. The van der Waals surface area contributed by atoms with Gasteiger partial charge in [0.05, 0.1) is 16.9 Å². The van der Waals surface area contributed by atoms with E-state index < -0.39 is 30.3 Å². The zero-order valence-electron chi connectivity index (χ0n) is 12.0. The second-order valence-corrected chi connectivity index (χ2v) is 6.42. The van der Waals surface area contributed by atoms with Crippen LogP contribution < -0.4 is 10.2 Å². The predicted octanol–water partition coefficient (Wildman–Crippen LogP) is -1.04. The highest BCUT2D eigenvalue weighted by Crippen LogP contribution is 2.34. The van der Waals surface area contributed by atoms with Crippen LogP contribution >= 0.6 is 24.0 Å². The molecule has 1 aromatic carbocycles. The minimum atomic E-state index is -1.73. The molecule has 1 heterocycles. The van der Waals surface area contributed by atoms with Crippen molar-refractivity contribution in [2.24, 2.45) is 0 Å². The summed E-state index contributed by atoms with van der Waals surface area (Å²) in [6.45, 7) is 0. The zero-order valence-corrected chi connectivity index (χ0v) is 13.6. The molecule has 0 radical (unpaired) electrons. The van der Waals surface area contributed by atoms with Gasteiger partial charge in [-0.1, -0.05) is 48.2 Å². The van der Waals surface area contributed by atoms with Gasteiger partial charge in [-0.05, 0) is 11.6 Å². The monoisotopic (exact) mass is 363 g/mol. The van der Waals surface area contributed by atoms with E-state index in [1.165, 1.54) is 6.08 Å². The van der Waals surface area contributed by atoms with Crippen molar-refractivity contribution in [2.75, 3.05) is 0 Å². The molecule has 1 aliphatic rings. The summed E-state index contributed by atoms with van der Waals surface area (Å²) in [7, 11) is 0. The molecular formula is C15H9NO6S2-2. The van der Waals surface area contributed by atoms with Gasteiger partial charge in [0.2, 0.25) is 0 Å². The van der Waals surface area contributed by atoms with Crippen LogP contribution in [0.15, 0.2) is 29.2 Å². The molecule has 1 saturated heterocycles. The molecule has 7 nitrogen and oxygen atoms in total. The van der Waals surface area contributed by atoms with Gasteiger partial charge >= 0.3 is 0 Å². The van der Waals surface area contributed by atoms with Crippen molar-refractivity contribution in [1.82, 2.24) is 4.90 Å². The first-order valence-electron chi connectivity index (χ1n) is 6.56. The van der Waals surface area contributed by atoms with Crippen LogP contribution in [0.2, 0.25) is 0 Å². The number of aldehydes is 1. The average Bonchev–Trinajstić information content (AvgIpc) is 2.79. The number of thiocarbonyl (C=S) groups is 1. The van der Waals surface area contributed by atoms with Gasteiger partial charge in [0.15, 0.2) is 0 Å².